The lowest BCUT2D eigenvalue weighted by Crippen LogP contribution is -2.33. The van der Waals surface area contributed by atoms with E-state index >= 15 is 0 Å². The summed E-state index contributed by atoms with van der Waals surface area (Å²) in [7, 11) is 3.76. The van der Waals surface area contributed by atoms with Gasteiger partial charge >= 0.3 is 0 Å². The van der Waals surface area contributed by atoms with E-state index in [9.17, 15) is 4.79 Å². The Bertz CT molecular complexity index is 157. The minimum absolute atomic E-state index is 0.331. The number of hydrogen-bond donors (Lipinski definition) is 0. The van der Waals surface area contributed by atoms with Crippen LogP contribution >= 0.6 is 33.3 Å². The van der Waals surface area contributed by atoms with E-state index in [1.54, 1.807) is 11.8 Å². The van der Waals surface area contributed by atoms with Crippen molar-refractivity contribution in [3.05, 3.63) is 0 Å². The lowest BCUT2D eigenvalue weighted by atomic mass is 10.4. The molecule has 2 nitrogen and oxygen atoms in total. The molecular weight excluding hydrogens is 222 g/mol. The molecule has 0 atom stereocenters. The molecule has 0 spiro atoms. The first kappa shape index (κ1) is 11.6. The maximum Gasteiger partial charge on any atom is 0.223 e. The van der Waals surface area contributed by atoms with Crippen LogP contribution in [-0.4, -0.2) is 47.4 Å². The minimum atomic E-state index is 0.331. The van der Waals surface area contributed by atoms with Crippen LogP contribution in [0.2, 0.25) is 0 Å². The quantitative estimate of drug-likeness (QED) is 0.699. The Labute approximate surface area is 92.0 Å². The Morgan fingerprint density at radius 1 is 1.38 bits per heavy atom. The number of amides is 1. The Hall–Kier alpha value is 0.520. The van der Waals surface area contributed by atoms with Crippen molar-refractivity contribution in [3.8, 4) is 0 Å². The van der Waals surface area contributed by atoms with Crippen LogP contribution in [0.1, 0.15) is 6.42 Å². The molecular formula is C8H15NOS3. The van der Waals surface area contributed by atoms with E-state index in [2.05, 4.69) is 0 Å². The number of rotatable bonds is 3. The van der Waals surface area contributed by atoms with Crippen molar-refractivity contribution < 1.29 is 4.79 Å². The second-order valence-corrected chi connectivity index (χ2v) is 6.46. The molecule has 1 aliphatic heterocycles. The van der Waals surface area contributed by atoms with Crippen molar-refractivity contribution in [2.75, 3.05) is 36.6 Å². The number of carbonyl (C=O) groups is 1. The van der Waals surface area contributed by atoms with Crippen molar-refractivity contribution in [2.24, 2.45) is 0 Å². The Morgan fingerprint density at radius 2 is 2.00 bits per heavy atom. The summed E-state index contributed by atoms with van der Waals surface area (Å²) < 4.78 is 0. The van der Waals surface area contributed by atoms with Gasteiger partial charge in [0.15, 0.2) is 0 Å². The summed E-state index contributed by atoms with van der Waals surface area (Å²) >= 11 is 1.74. The summed E-state index contributed by atoms with van der Waals surface area (Å²) in [5.74, 6) is 3.44. The molecule has 0 aromatic carbocycles. The average molecular weight is 237 g/mol. The van der Waals surface area contributed by atoms with Crippen molar-refractivity contribution in [2.45, 2.75) is 6.42 Å². The fourth-order valence-corrected chi connectivity index (χ4v) is 3.48. The highest BCUT2D eigenvalue weighted by Crippen LogP contribution is 2.24. The molecule has 0 unspecified atom stereocenters. The number of thioether (sulfide) groups is 1. The molecule has 0 aliphatic carbocycles. The van der Waals surface area contributed by atoms with E-state index in [-0.39, 0.29) is 0 Å². The lowest BCUT2D eigenvalue weighted by molar-refractivity contribution is -0.130. The molecule has 0 saturated carbocycles. The first-order valence-corrected chi connectivity index (χ1v) is 8.24. The van der Waals surface area contributed by atoms with Crippen LogP contribution in [0.25, 0.3) is 0 Å². The zero-order valence-electron chi connectivity index (χ0n) is 7.82. The van der Waals surface area contributed by atoms with Gasteiger partial charge in [-0.15, -0.1) is 0 Å². The summed E-state index contributed by atoms with van der Waals surface area (Å²) in [6, 6.07) is 0. The van der Waals surface area contributed by atoms with Crippen LogP contribution in [0.4, 0.5) is 0 Å². The largest absolute Gasteiger partial charge is 0.341 e. The van der Waals surface area contributed by atoms with Gasteiger partial charge in [-0.05, 0) is 6.26 Å². The number of carbonyl (C=O) groups excluding carboxylic acids is 1. The molecule has 0 bridgehead atoms. The van der Waals surface area contributed by atoms with Gasteiger partial charge < -0.3 is 4.90 Å². The van der Waals surface area contributed by atoms with Gasteiger partial charge in [0.25, 0.3) is 0 Å². The summed E-state index contributed by atoms with van der Waals surface area (Å²) in [5, 5.41) is 0. The monoisotopic (exact) mass is 237 g/mol. The topological polar surface area (TPSA) is 20.3 Å². The van der Waals surface area contributed by atoms with Gasteiger partial charge in [0.05, 0.1) is 0 Å². The zero-order chi connectivity index (χ0) is 9.52. The highest BCUT2D eigenvalue weighted by atomic mass is 33.1. The first-order chi connectivity index (χ1) is 6.34. The molecule has 1 heterocycles. The van der Waals surface area contributed by atoms with Gasteiger partial charge in [0.1, 0.15) is 0 Å². The molecule has 1 saturated heterocycles. The molecule has 5 heteroatoms. The van der Waals surface area contributed by atoms with Gasteiger partial charge in [-0.3, -0.25) is 4.79 Å². The van der Waals surface area contributed by atoms with E-state index in [1.807, 2.05) is 32.7 Å². The van der Waals surface area contributed by atoms with Gasteiger partial charge in [-0.1, -0.05) is 21.6 Å². The molecule has 1 aliphatic rings. The van der Waals surface area contributed by atoms with Gasteiger partial charge in [-0.2, -0.15) is 11.8 Å². The summed E-state index contributed by atoms with van der Waals surface area (Å²) in [6.07, 6.45) is 2.75. The fourth-order valence-electron chi connectivity index (χ4n) is 1.12. The summed E-state index contributed by atoms with van der Waals surface area (Å²) in [6.45, 7) is 1.87. The highest BCUT2D eigenvalue weighted by Gasteiger charge is 2.14. The van der Waals surface area contributed by atoms with Crippen molar-refractivity contribution in [3.63, 3.8) is 0 Å². The van der Waals surface area contributed by atoms with Crippen LogP contribution in [0.15, 0.2) is 0 Å². The highest BCUT2D eigenvalue weighted by molar-refractivity contribution is 8.76. The minimum Gasteiger partial charge on any atom is -0.341 e. The molecule has 0 radical (unpaired) electrons. The third-order valence-corrected chi connectivity index (χ3v) is 4.82. The van der Waals surface area contributed by atoms with Crippen molar-refractivity contribution in [1.82, 2.24) is 4.90 Å². The Kier molecular flexibility index (Phi) is 6.15. The standard InChI is InChI=1S/C8H15NOS3/c1-11-5-2-8(10)9-3-6-12-13-7-4-9/h2-7H2,1H3. The van der Waals surface area contributed by atoms with E-state index in [0.717, 1.165) is 30.3 Å². The van der Waals surface area contributed by atoms with Gasteiger partial charge in [-0.25, -0.2) is 0 Å². The van der Waals surface area contributed by atoms with E-state index in [4.69, 9.17) is 0 Å². The summed E-state index contributed by atoms with van der Waals surface area (Å²) in [5.41, 5.74) is 0. The maximum atomic E-state index is 11.6. The summed E-state index contributed by atoms with van der Waals surface area (Å²) in [4.78, 5) is 13.6. The third-order valence-electron chi connectivity index (χ3n) is 1.85. The van der Waals surface area contributed by atoms with Gasteiger partial charge in [0.2, 0.25) is 5.91 Å². The SMILES string of the molecule is CSCCC(=O)N1CCSSCC1. The van der Waals surface area contributed by atoms with Crippen LogP contribution in [0.3, 0.4) is 0 Å². The van der Waals surface area contributed by atoms with Crippen LogP contribution in [0.5, 0.6) is 0 Å². The van der Waals surface area contributed by atoms with Crippen molar-refractivity contribution in [1.29, 1.82) is 0 Å². The maximum absolute atomic E-state index is 11.6. The average Bonchev–Trinajstić information content (AvgIpc) is 2.42. The fraction of sp³-hybridized carbons (Fsp3) is 0.875. The van der Waals surface area contributed by atoms with E-state index < -0.39 is 0 Å². The first-order valence-electron chi connectivity index (χ1n) is 4.35. The molecule has 1 amide bonds. The number of nitrogens with zero attached hydrogens (tertiary/aromatic N) is 1. The molecule has 0 N–H and O–H groups in total. The zero-order valence-corrected chi connectivity index (χ0v) is 10.3. The molecule has 13 heavy (non-hydrogen) atoms. The second kappa shape index (κ2) is 6.90. The normalized spacial score (nSPS) is 18.4. The predicted octanol–water partition coefficient (Wildman–Crippen LogP) is 1.96. The Balaban J connectivity index is 2.26. The third kappa shape index (κ3) is 4.51. The molecule has 1 rings (SSSR count). The lowest BCUT2D eigenvalue weighted by Gasteiger charge is -2.19. The second-order valence-electron chi connectivity index (χ2n) is 2.77. The molecule has 0 aromatic heterocycles. The van der Waals surface area contributed by atoms with E-state index in [0.29, 0.717) is 12.3 Å². The molecule has 1 fully saturated rings. The molecule has 76 valence electrons. The smallest absolute Gasteiger partial charge is 0.223 e. The van der Waals surface area contributed by atoms with Gasteiger partial charge in [0, 0.05) is 36.8 Å². The number of hydrogen-bond acceptors (Lipinski definition) is 4. The van der Waals surface area contributed by atoms with Crippen LogP contribution < -0.4 is 0 Å². The van der Waals surface area contributed by atoms with Crippen LogP contribution in [-0.2, 0) is 4.79 Å². The van der Waals surface area contributed by atoms with Crippen LogP contribution in [0, 0.1) is 0 Å². The molecule has 0 aromatic rings. The van der Waals surface area contributed by atoms with Crippen molar-refractivity contribution >= 4 is 39.3 Å². The van der Waals surface area contributed by atoms with E-state index in [1.165, 1.54) is 0 Å². The Morgan fingerprint density at radius 3 is 2.54 bits per heavy atom. The predicted molar refractivity (Wildman–Crippen MR) is 64.5 cm³/mol.